The summed E-state index contributed by atoms with van der Waals surface area (Å²) >= 11 is 10.5. The molecule has 0 heterocycles. The summed E-state index contributed by atoms with van der Waals surface area (Å²) < 4.78 is 5.62. The highest BCUT2D eigenvalue weighted by Crippen LogP contribution is 2.14. The van der Waals surface area contributed by atoms with Crippen LogP contribution in [-0.2, 0) is 14.4 Å². The van der Waals surface area contributed by atoms with E-state index in [1.54, 1.807) is 14.0 Å². The highest BCUT2D eigenvalue weighted by molar-refractivity contribution is 6.21. The van der Waals surface area contributed by atoms with Crippen LogP contribution in [0.3, 0.4) is 0 Å². The number of amides is 3. The van der Waals surface area contributed by atoms with Crippen LogP contribution in [0, 0.1) is 0 Å². The SMILES string of the molecule is CC.CC1=CCCC(Cl)C=C1.CCC.CCCC(NCCOc1ccccc1)C(=O)N(C)CC(=O)NCC(=O)NCC.CCl. The molecular formula is C34H60Cl2N4O4. The minimum absolute atomic E-state index is 0.0951. The summed E-state index contributed by atoms with van der Waals surface area (Å²) in [6.07, 6.45) is 12.8. The summed E-state index contributed by atoms with van der Waals surface area (Å²) in [6, 6.07) is 9.09. The lowest BCUT2D eigenvalue weighted by atomic mass is 10.1. The molecule has 10 heteroatoms. The maximum Gasteiger partial charge on any atom is 0.240 e. The highest BCUT2D eigenvalue weighted by Gasteiger charge is 2.22. The van der Waals surface area contributed by atoms with Gasteiger partial charge in [-0.1, -0.05) is 89.5 Å². The standard InChI is InChI=1S/C20H32N4O4.C8H11Cl.C3H8.C2H6.CH3Cl/c1-4-9-17(22-12-13-28-16-10-7-6-8-11-16)20(27)24(3)15-19(26)23-14-18(25)21-5-2;1-7-3-2-4-8(9)6-5-7;1-3-2;2*1-2/h6-8,10-11,17,22H,4-5,9,12-15H2,1-3H3,(H,21,25)(H,23,26);3,5-6,8H,2,4H2,1H3;3H2,1-2H3;1-2H3;1H3. The van der Waals surface area contributed by atoms with Crippen LogP contribution in [0.2, 0.25) is 0 Å². The lowest BCUT2D eigenvalue weighted by Gasteiger charge is -2.24. The van der Waals surface area contributed by atoms with Gasteiger partial charge in [0.15, 0.2) is 0 Å². The number of likely N-dealkylation sites (N-methyl/N-ethyl adjacent to an activating group) is 2. The van der Waals surface area contributed by atoms with Gasteiger partial charge in [0.2, 0.25) is 17.7 Å². The normalized spacial score (nSPS) is 13.5. The Hall–Kier alpha value is -2.55. The van der Waals surface area contributed by atoms with E-state index in [1.165, 1.54) is 23.3 Å². The van der Waals surface area contributed by atoms with Crippen LogP contribution in [0.25, 0.3) is 0 Å². The van der Waals surface area contributed by atoms with E-state index in [2.05, 4.69) is 66.6 Å². The van der Waals surface area contributed by atoms with Crippen molar-refractivity contribution in [2.45, 2.75) is 92.0 Å². The van der Waals surface area contributed by atoms with Gasteiger partial charge in [-0.25, -0.2) is 0 Å². The van der Waals surface area contributed by atoms with Gasteiger partial charge in [0.1, 0.15) is 12.4 Å². The van der Waals surface area contributed by atoms with Gasteiger partial charge in [0.25, 0.3) is 0 Å². The summed E-state index contributed by atoms with van der Waals surface area (Å²) in [4.78, 5) is 37.3. The van der Waals surface area contributed by atoms with E-state index >= 15 is 0 Å². The molecule has 3 amide bonds. The number of benzene rings is 1. The fraction of sp³-hybridized carbons (Fsp3) is 0.618. The van der Waals surface area contributed by atoms with Gasteiger partial charge >= 0.3 is 0 Å². The number of nitrogens with one attached hydrogen (secondary N) is 3. The quantitative estimate of drug-likeness (QED) is 0.161. The molecule has 1 aliphatic rings. The molecule has 0 saturated heterocycles. The van der Waals surface area contributed by atoms with Crippen molar-refractivity contribution in [1.82, 2.24) is 20.9 Å². The summed E-state index contributed by atoms with van der Waals surface area (Å²) in [5.41, 5.74) is 1.33. The predicted molar refractivity (Wildman–Crippen MR) is 189 cm³/mol. The third-order valence-corrected chi connectivity index (χ3v) is 5.80. The van der Waals surface area contributed by atoms with E-state index in [0.717, 1.165) is 25.0 Å². The van der Waals surface area contributed by atoms with Crippen molar-refractivity contribution in [2.75, 3.05) is 46.2 Å². The lowest BCUT2D eigenvalue weighted by Crippen LogP contribution is -2.49. The van der Waals surface area contributed by atoms with E-state index in [4.69, 9.17) is 16.3 Å². The van der Waals surface area contributed by atoms with Crippen LogP contribution in [0.4, 0.5) is 0 Å². The molecule has 1 aromatic carbocycles. The van der Waals surface area contributed by atoms with Crippen molar-refractivity contribution >= 4 is 40.9 Å². The first-order chi connectivity index (χ1) is 21.2. The van der Waals surface area contributed by atoms with Gasteiger partial charge in [-0.3, -0.25) is 14.4 Å². The number of nitrogens with zero attached hydrogens (tertiary/aromatic N) is 1. The Morgan fingerprint density at radius 3 is 2.20 bits per heavy atom. The number of hydrogen-bond acceptors (Lipinski definition) is 5. The van der Waals surface area contributed by atoms with Gasteiger partial charge in [-0.2, -0.15) is 0 Å². The number of ether oxygens (including phenoxy) is 1. The zero-order valence-corrected chi connectivity index (χ0v) is 30.2. The average Bonchev–Trinajstić information content (AvgIpc) is 3.23. The number of carbonyl (C=O) groups is 3. The minimum Gasteiger partial charge on any atom is -0.492 e. The molecule has 0 aromatic heterocycles. The second kappa shape index (κ2) is 33.3. The second-order valence-electron chi connectivity index (χ2n) is 9.49. The summed E-state index contributed by atoms with van der Waals surface area (Å²) in [6.45, 7) is 15.4. The number of carbonyl (C=O) groups excluding carboxylic acids is 3. The Morgan fingerprint density at radius 1 is 1.02 bits per heavy atom. The number of alkyl halides is 2. The van der Waals surface area contributed by atoms with Gasteiger partial charge in [-0.05, 0) is 45.2 Å². The molecular weight excluding hydrogens is 599 g/mol. The topological polar surface area (TPSA) is 99.8 Å². The number of halogens is 2. The number of hydrogen-bond donors (Lipinski definition) is 3. The molecule has 254 valence electrons. The Balaban J connectivity index is -0.000000862. The molecule has 0 saturated carbocycles. The minimum atomic E-state index is -0.384. The molecule has 0 bridgehead atoms. The van der Waals surface area contributed by atoms with Crippen LogP contribution >= 0.6 is 23.2 Å². The van der Waals surface area contributed by atoms with Gasteiger partial charge < -0.3 is 25.6 Å². The first-order valence-corrected chi connectivity index (χ1v) is 16.9. The predicted octanol–water partition coefficient (Wildman–Crippen LogP) is 6.72. The lowest BCUT2D eigenvalue weighted by molar-refractivity contribution is -0.136. The monoisotopic (exact) mass is 658 g/mol. The molecule has 3 N–H and O–H groups in total. The van der Waals surface area contributed by atoms with Crippen LogP contribution in [0.15, 0.2) is 54.1 Å². The first-order valence-electron chi connectivity index (χ1n) is 15.7. The molecule has 2 atom stereocenters. The first kappa shape index (κ1) is 45.9. The molecule has 44 heavy (non-hydrogen) atoms. The maximum absolute atomic E-state index is 12.6. The van der Waals surface area contributed by atoms with Gasteiger partial charge in [0.05, 0.1) is 24.5 Å². The van der Waals surface area contributed by atoms with E-state index < -0.39 is 0 Å². The molecule has 0 spiro atoms. The van der Waals surface area contributed by atoms with Crippen LogP contribution in [-0.4, -0.2) is 80.3 Å². The van der Waals surface area contributed by atoms with E-state index in [9.17, 15) is 14.4 Å². The number of rotatable bonds is 13. The van der Waals surface area contributed by atoms with Crippen molar-refractivity contribution < 1.29 is 19.1 Å². The second-order valence-corrected chi connectivity index (χ2v) is 10.0. The molecule has 8 nitrogen and oxygen atoms in total. The van der Waals surface area contributed by atoms with Crippen molar-refractivity contribution in [1.29, 1.82) is 0 Å². The van der Waals surface area contributed by atoms with Crippen molar-refractivity contribution in [3.8, 4) is 5.75 Å². The third-order valence-electron chi connectivity index (χ3n) is 5.43. The van der Waals surface area contributed by atoms with E-state index in [-0.39, 0.29) is 42.2 Å². The van der Waals surface area contributed by atoms with Crippen molar-refractivity contribution in [3.63, 3.8) is 0 Å². The maximum atomic E-state index is 12.6. The summed E-state index contributed by atoms with van der Waals surface area (Å²) in [7, 11) is 1.58. The van der Waals surface area contributed by atoms with Crippen LogP contribution in [0.5, 0.6) is 5.75 Å². The summed E-state index contributed by atoms with van der Waals surface area (Å²) in [5, 5.41) is 8.55. The molecule has 1 aromatic rings. The smallest absolute Gasteiger partial charge is 0.240 e. The van der Waals surface area contributed by atoms with E-state index in [1.807, 2.05) is 51.1 Å². The Labute approximate surface area is 278 Å². The molecule has 0 aliphatic heterocycles. The zero-order valence-electron chi connectivity index (χ0n) is 28.7. The largest absolute Gasteiger partial charge is 0.492 e. The molecule has 0 radical (unpaired) electrons. The fourth-order valence-corrected chi connectivity index (χ4v) is 3.66. The fourth-order valence-electron chi connectivity index (χ4n) is 3.46. The van der Waals surface area contributed by atoms with Crippen molar-refractivity contribution in [3.05, 3.63) is 54.1 Å². The van der Waals surface area contributed by atoms with Crippen LogP contribution < -0.4 is 20.7 Å². The average molecular weight is 660 g/mol. The Bertz CT molecular complexity index is 899. The number of allylic oxidation sites excluding steroid dienone is 4. The summed E-state index contributed by atoms with van der Waals surface area (Å²) in [5.74, 6) is -0.00294. The van der Waals surface area contributed by atoms with Gasteiger partial charge in [0, 0.05) is 26.5 Å². The zero-order chi connectivity index (χ0) is 34.2. The van der Waals surface area contributed by atoms with E-state index in [0.29, 0.717) is 26.1 Å². The third kappa shape index (κ3) is 27.0. The molecule has 2 rings (SSSR count). The molecule has 0 fully saturated rings. The van der Waals surface area contributed by atoms with Crippen molar-refractivity contribution in [2.24, 2.45) is 0 Å². The number of para-hydroxylation sites is 1. The molecule has 2 unspecified atom stereocenters. The highest BCUT2D eigenvalue weighted by atomic mass is 35.5. The Morgan fingerprint density at radius 2 is 1.64 bits per heavy atom. The molecule has 1 aliphatic carbocycles. The van der Waals surface area contributed by atoms with Gasteiger partial charge in [-0.15, -0.1) is 23.2 Å². The Kier molecular flexibility index (Phi) is 34.8. The van der Waals surface area contributed by atoms with Crippen LogP contribution in [0.1, 0.15) is 80.6 Å².